The van der Waals surface area contributed by atoms with Crippen LogP contribution in [0.2, 0.25) is 0 Å². The number of nitrogens with zero attached hydrogens (tertiary/aromatic N) is 3. The molecule has 1 N–H and O–H groups in total. The number of likely N-dealkylation sites (N-methyl/N-ethyl adjacent to an activating group) is 1. The Morgan fingerprint density at radius 3 is 2.32 bits per heavy atom. The Hall–Kier alpha value is -3.12. The second-order valence-electron chi connectivity index (χ2n) is 7.08. The first-order valence-electron chi connectivity index (χ1n) is 9.28. The van der Waals surface area contributed by atoms with Crippen LogP contribution in [0.3, 0.4) is 0 Å². The quantitative estimate of drug-likeness (QED) is 0.741. The molecule has 28 heavy (non-hydrogen) atoms. The molecule has 0 bridgehead atoms. The number of ether oxygens (including phenoxy) is 1. The van der Waals surface area contributed by atoms with Crippen molar-refractivity contribution in [2.45, 2.75) is 12.0 Å². The van der Waals surface area contributed by atoms with Crippen LogP contribution in [0.15, 0.2) is 60.8 Å². The Morgan fingerprint density at radius 2 is 1.75 bits per heavy atom. The molecule has 1 aromatic heterocycles. The number of amides is 1. The molecular weight excluding hydrogens is 354 g/mol. The molecule has 3 aromatic rings. The van der Waals surface area contributed by atoms with Crippen molar-refractivity contribution < 1.29 is 14.6 Å². The van der Waals surface area contributed by atoms with E-state index in [1.807, 2.05) is 24.3 Å². The molecule has 1 atom stereocenters. The molecule has 4 rings (SSSR count). The highest BCUT2D eigenvalue weighted by Crippen LogP contribution is 2.44. The Morgan fingerprint density at radius 1 is 1.14 bits per heavy atom. The third kappa shape index (κ3) is 3.27. The number of fused-ring (bicyclic) bond motifs is 3. The number of aliphatic hydroxyl groups excluding tert-OH is 1. The van der Waals surface area contributed by atoms with E-state index in [9.17, 15) is 9.90 Å². The maximum atomic E-state index is 12.5. The van der Waals surface area contributed by atoms with Gasteiger partial charge < -0.3 is 14.7 Å². The van der Waals surface area contributed by atoms with Crippen molar-refractivity contribution >= 4 is 6.09 Å². The lowest BCUT2D eigenvalue weighted by Gasteiger charge is -2.22. The van der Waals surface area contributed by atoms with Gasteiger partial charge in [-0.15, -0.1) is 0 Å². The first-order chi connectivity index (χ1) is 13.6. The highest BCUT2D eigenvalue weighted by atomic mass is 16.6. The minimum atomic E-state index is -0.821. The van der Waals surface area contributed by atoms with Crippen molar-refractivity contribution in [3.63, 3.8) is 0 Å². The average Bonchev–Trinajstić information content (AvgIpc) is 3.27. The number of benzene rings is 2. The van der Waals surface area contributed by atoms with Crippen molar-refractivity contribution in [3.05, 3.63) is 77.6 Å². The molecule has 0 saturated carbocycles. The van der Waals surface area contributed by atoms with Crippen LogP contribution in [0.5, 0.6) is 0 Å². The molecule has 0 fully saturated rings. The number of carbonyl (C=O) groups is 1. The predicted octanol–water partition coefficient (Wildman–Crippen LogP) is 3.33. The van der Waals surface area contributed by atoms with E-state index in [2.05, 4.69) is 29.4 Å². The summed E-state index contributed by atoms with van der Waals surface area (Å²) in [4.78, 5) is 13.9. The van der Waals surface area contributed by atoms with Crippen LogP contribution in [0.25, 0.3) is 11.1 Å². The molecule has 1 aliphatic rings. The van der Waals surface area contributed by atoms with Gasteiger partial charge in [-0.2, -0.15) is 5.10 Å². The van der Waals surface area contributed by atoms with Gasteiger partial charge in [0.2, 0.25) is 0 Å². The Kier molecular flexibility index (Phi) is 4.88. The minimum Gasteiger partial charge on any atom is -0.448 e. The molecule has 0 spiro atoms. The molecule has 1 unspecified atom stereocenters. The summed E-state index contributed by atoms with van der Waals surface area (Å²) in [6.07, 6.45) is 0.340. The zero-order valence-corrected chi connectivity index (χ0v) is 15.9. The molecular formula is C22H23N3O3. The van der Waals surface area contributed by atoms with E-state index in [0.717, 1.165) is 0 Å². The number of hydrogen-bond acceptors (Lipinski definition) is 4. The molecule has 0 radical (unpaired) electrons. The van der Waals surface area contributed by atoms with Gasteiger partial charge in [0.15, 0.2) is 0 Å². The van der Waals surface area contributed by atoms with E-state index in [4.69, 9.17) is 4.74 Å². The first kappa shape index (κ1) is 18.3. The summed E-state index contributed by atoms with van der Waals surface area (Å²) in [6, 6.07) is 18.2. The molecule has 0 aliphatic heterocycles. The summed E-state index contributed by atoms with van der Waals surface area (Å²) in [7, 11) is 3.38. The summed E-state index contributed by atoms with van der Waals surface area (Å²) < 4.78 is 7.20. The molecule has 0 saturated heterocycles. The third-order valence-corrected chi connectivity index (χ3v) is 5.29. The number of aromatic nitrogens is 2. The van der Waals surface area contributed by atoms with Gasteiger partial charge in [0.25, 0.3) is 0 Å². The van der Waals surface area contributed by atoms with Gasteiger partial charge >= 0.3 is 6.09 Å². The van der Waals surface area contributed by atoms with Crippen molar-refractivity contribution in [2.75, 3.05) is 20.2 Å². The summed E-state index contributed by atoms with van der Waals surface area (Å²) in [5.41, 5.74) is 5.39. The summed E-state index contributed by atoms with van der Waals surface area (Å²) in [6.45, 7) is 0.398. The number of aryl methyl sites for hydroxylation is 1. The van der Waals surface area contributed by atoms with Gasteiger partial charge in [0.1, 0.15) is 12.7 Å². The predicted molar refractivity (Wildman–Crippen MR) is 106 cm³/mol. The number of aliphatic hydroxyl groups is 1. The van der Waals surface area contributed by atoms with Gasteiger partial charge in [-0.3, -0.25) is 4.68 Å². The zero-order chi connectivity index (χ0) is 19.7. The van der Waals surface area contributed by atoms with Crippen molar-refractivity contribution in [3.8, 4) is 11.1 Å². The van der Waals surface area contributed by atoms with Gasteiger partial charge in [0.05, 0.1) is 12.2 Å². The minimum absolute atomic E-state index is 0.0201. The highest BCUT2D eigenvalue weighted by molar-refractivity contribution is 5.79. The van der Waals surface area contributed by atoms with E-state index >= 15 is 0 Å². The van der Waals surface area contributed by atoms with Gasteiger partial charge in [-0.25, -0.2) is 4.79 Å². The fourth-order valence-electron chi connectivity index (χ4n) is 3.84. The van der Waals surface area contributed by atoms with Gasteiger partial charge in [0, 0.05) is 26.2 Å². The fraction of sp³-hybridized carbons (Fsp3) is 0.273. The standard InChI is InChI=1S/C22H23N3O3/c1-24(13-21(26)20-11-12-23-25(20)2)22(27)28-14-19-17-9-5-3-7-15(17)16-8-4-6-10-18(16)19/h3-12,19,21,26H,13-14H2,1-2H3. The third-order valence-electron chi connectivity index (χ3n) is 5.29. The van der Waals surface area contributed by atoms with Crippen LogP contribution in [-0.2, 0) is 11.8 Å². The fourth-order valence-corrected chi connectivity index (χ4v) is 3.84. The Balaban J connectivity index is 1.43. The van der Waals surface area contributed by atoms with Crippen LogP contribution in [0.1, 0.15) is 28.8 Å². The van der Waals surface area contributed by atoms with Crippen LogP contribution in [0, 0.1) is 0 Å². The smallest absolute Gasteiger partial charge is 0.409 e. The monoisotopic (exact) mass is 377 g/mol. The summed E-state index contributed by atoms with van der Waals surface area (Å²) >= 11 is 0. The molecule has 6 nitrogen and oxygen atoms in total. The lowest BCUT2D eigenvalue weighted by Crippen LogP contribution is -2.33. The van der Waals surface area contributed by atoms with Crippen molar-refractivity contribution in [1.82, 2.24) is 14.7 Å². The number of carbonyl (C=O) groups excluding carboxylic acids is 1. The zero-order valence-electron chi connectivity index (χ0n) is 15.9. The van der Waals surface area contributed by atoms with E-state index in [-0.39, 0.29) is 19.1 Å². The molecule has 1 amide bonds. The second kappa shape index (κ2) is 7.48. The lowest BCUT2D eigenvalue weighted by molar-refractivity contribution is 0.0789. The van der Waals surface area contributed by atoms with Crippen LogP contribution in [0.4, 0.5) is 4.79 Å². The lowest BCUT2D eigenvalue weighted by atomic mass is 9.98. The highest BCUT2D eigenvalue weighted by Gasteiger charge is 2.29. The average molecular weight is 377 g/mol. The van der Waals surface area contributed by atoms with E-state index < -0.39 is 12.2 Å². The Bertz CT molecular complexity index is 952. The maximum Gasteiger partial charge on any atom is 0.409 e. The van der Waals surface area contributed by atoms with Crippen molar-refractivity contribution in [1.29, 1.82) is 0 Å². The topological polar surface area (TPSA) is 67.6 Å². The SMILES string of the molecule is CN(CC(O)c1ccnn1C)C(=O)OCC1c2ccccc2-c2ccccc21. The Labute approximate surface area is 164 Å². The maximum absolute atomic E-state index is 12.5. The molecule has 144 valence electrons. The molecule has 1 aliphatic carbocycles. The van der Waals surface area contributed by atoms with Crippen molar-refractivity contribution in [2.24, 2.45) is 7.05 Å². The molecule has 2 aromatic carbocycles. The normalized spacial score (nSPS) is 13.7. The van der Waals surface area contributed by atoms with Crippen LogP contribution < -0.4 is 0 Å². The summed E-state index contributed by atoms with van der Waals surface area (Å²) in [5, 5.41) is 14.4. The second-order valence-corrected chi connectivity index (χ2v) is 7.08. The molecule has 6 heteroatoms. The van der Waals surface area contributed by atoms with Gasteiger partial charge in [-0.1, -0.05) is 48.5 Å². The van der Waals surface area contributed by atoms with Gasteiger partial charge in [-0.05, 0) is 28.3 Å². The largest absolute Gasteiger partial charge is 0.448 e. The summed E-state index contributed by atoms with van der Waals surface area (Å²) in [5.74, 6) is 0.0201. The van der Waals surface area contributed by atoms with E-state index in [1.54, 1.807) is 31.0 Å². The van der Waals surface area contributed by atoms with E-state index in [1.165, 1.54) is 27.2 Å². The number of hydrogen-bond donors (Lipinski definition) is 1. The van der Waals surface area contributed by atoms with Crippen LogP contribution in [-0.4, -0.2) is 46.1 Å². The first-order valence-corrected chi connectivity index (χ1v) is 9.28. The van der Waals surface area contributed by atoms with E-state index in [0.29, 0.717) is 5.69 Å². The molecule has 1 heterocycles. The number of rotatable bonds is 5. The van der Waals surface area contributed by atoms with Crippen LogP contribution >= 0.6 is 0 Å².